The predicted molar refractivity (Wildman–Crippen MR) is 83.7 cm³/mol. The van der Waals surface area contributed by atoms with Crippen molar-refractivity contribution in [3.05, 3.63) is 42.5 Å². The fourth-order valence-corrected chi connectivity index (χ4v) is 3.29. The molecule has 1 heterocycles. The summed E-state index contributed by atoms with van der Waals surface area (Å²) in [6.07, 6.45) is 2.92. The van der Waals surface area contributed by atoms with Gasteiger partial charge in [-0.3, -0.25) is 0 Å². The van der Waals surface area contributed by atoms with Gasteiger partial charge >= 0.3 is 0 Å². The van der Waals surface area contributed by atoms with Crippen molar-refractivity contribution in [3.63, 3.8) is 0 Å². The molecule has 4 nitrogen and oxygen atoms in total. The molecule has 1 aromatic carbocycles. The lowest BCUT2D eigenvalue weighted by Crippen LogP contribution is -2.30. The van der Waals surface area contributed by atoms with Gasteiger partial charge in [0, 0.05) is 5.92 Å². The van der Waals surface area contributed by atoms with Crippen molar-refractivity contribution in [2.45, 2.75) is 51.0 Å². The zero-order chi connectivity index (χ0) is 15.7. The molecule has 0 N–H and O–H groups in total. The van der Waals surface area contributed by atoms with Crippen molar-refractivity contribution in [2.75, 3.05) is 7.11 Å². The quantitative estimate of drug-likeness (QED) is 0.782. The van der Waals surface area contributed by atoms with Crippen molar-refractivity contribution < 1.29 is 18.9 Å². The zero-order valence-corrected chi connectivity index (χ0v) is 13.5. The second-order valence-electron chi connectivity index (χ2n) is 6.40. The Bertz CT molecular complexity index is 522. The second-order valence-corrected chi connectivity index (χ2v) is 6.40. The van der Waals surface area contributed by atoms with Crippen LogP contribution in [0.3, 0.4) is 0 Å². The molecule has 2 fully saturated rings. The lowest BCUT2D eigenvalue weighted by molar-refractivity contribution is -0.170. The van der Waals surface area contributed by atoms with Gasteiger partial charge in [0.2, 0.25) is 0 Å². The number of hydrogen-bond acceptors (Lipinski definition) is 4. The van der Waals surface area contributed by atoms with E-state index in [1.165, 1.54) is 0 Å². The summed E-state index contributed by atoms with van der Waals surface area (Å²) in [5.41, 5.74) is 1.12. The average molecular weight is 304 g/mol. The van der Waals surface area contributed by atoms with E-state index in [2.05, 4.69) is 6.58 Å². The standard InChI is InChI=1S/C18H24O4/c1-5-13-10-15(17-16(13)21-18(2,3)22-17)20-11-12-6-8-14(19-4)9-7-12/h5-9,13,15-17H,1,10-11H2,2-4H3/t13-,15?,16+,17-/m0/s1. The molecule has 1 unspecified atom stereocenters. The molecule has 0 aromatic heterocycles. The fraction of sp³-hybridized carbons (Fsp3) is 0.556. The van der Waals surface area contributed by atoms with E-state index in [1.807, 2.05) is 44.2 Å². The molecule has 2 aliphatic rings. The maximum absolute atomic E-state index is 6.11. The minimum absolute atomic E-state index is 0.0174. The molecule has 1 saturated heterocycles. The first-order valence-corrected chi connectivity index (χ1v) is 7.75. The molecule has 0 radical (unpaired) electrons. The van der Waals surface area contributed by atoms with Gasteiger partial charge in [0.15, 0.2) is 5.79 Å². The van der Waals surface area contributed by atoms with Crippen LogP contribution in [0.15, 0.2) is 36.9 Å². The highest BCUT2D eigenvalue weighted by atomic mass is 16.8. The molecule has 1 aromatic rings. The van der Waals surface area contributed by atoms with Crippen LogP contribution in [-0.2, 0) is 20.8 Å². The van der Waals surface area contributed by atoms with E-state index in [-0.39, 0.29) is 24.2 Å². The first kappa shape index (κ1) is 15.5. The molecule has 0 spiro atoms. The van der Waals surface area contributed by atoms with Gasteiger partial charge < -0.3 is 18.9 Å². The third-order valence-electron chi connectivity index (χ3n) is 4.38. The molecule has 1 aliphatic heterocycles. The topological polar surface area (TPSA) is 36.9 Å². The number of methoxy groups -OCH3 is 1. The number of hydrogen-bond donors (Lipinski definition) is 0. The molecule has 1 saturated carbocycles. The summed E-state index contributed by atoms with van der Waals surface area (Å²) in [6, 6.07) is 7.93. The van der Waals surface area contributed by atoms with Crippen LogP contribution in [0.25, 0.3) is 0 Å². The summed E-state index contributed by atoms with van der Waals surface area (Å²) in [5, 5.41) is 0. The third kappa shape index (κ3) is 3.05. The predicted octanol–water partition coefficient (Wildman–Crippen LogP) is 3.31. The summed E-state index contributed by atoms with van der Waals surface area (Å²) in [4.78, 5) is 0. The van der Waals surface area contributed by atoms with E-state index in [1.54, 1.807) is 7.11 Å². The lowest BCUT2D eigenvalue weighted by Gasteiger charge is -2.23. The fourth-order valence-electron chi connectivity index (χ4n) is 3.29. The van der Waals surface area contributed by atoms with E-state index in [0.29, 0.717) is 6.61 Å². The van der Waals surface area contributed by atoms with Gasteiger partial charge in [-0.15, -0.1) is 6.58 Å². The SMILES string of the molecule is C=C[C@H]1CC(OCc2ccc(OC)cc2)[C@@H]2OC(C)(C)O[C@H]12. The molecule has 3 rings (SSSR count). The van der Waals surface area contributed by atoms with Crippen LogP contribution in [0.4, 0.5) is 0 Å². The highest BCUT2D eigenvalue weighted by Gasteiger charge is 2.53. The van der Waals surface area contributed by atoms with Crippen LogP contribution < -0.4 is 4.74 Å². The summed E-state index contributed by atoms with van der Waals surface area (Å²) in [6.45, 7) is 8.38. The van der Waals surface area contributed by atoms with Gasteiger partial charge in [0.1, 0.15) is 11.9 Å². The average Bonchev–Trinajstić information content (AvgIpc) is 2.99. The summed E-state index contributed by atoms with van der Waals surface area (Å²) < 4.78 is 23.3. The highest BCUT2D eigenvalue weighted by Crippen LogP contribution is 2.43. The number of rotatable bonds is 5. The van der Waals surface area contributed by atoms with Gasteiger partial charge in [-0.1, -0.05) is 18.2 Å². The molecule has 0 bridgehead atoms. The zero-order valence-electron chi connectivity index (χ0n) is 13.5. The van der Waals surface area contributed by atoms with Gasteiger partial charge in [-0.05, 0) is 38.0 Å². The smallest absolute Gasteiger partial charge is 0.163 e. The Morgan fingerprint density at radius 1 is 1.23 bits per heavy atom. The highest BCUT2D eigenvalue weighted by molar-refractivity contribution is 5.26. The summed E-state index contributed by atoms with van der Waals surface area (Å²) in [5.74, 6) is 0.594. The van der Waals surface area contributed by atoms with E-state index in [9.17, 15) is 0 Å². The van der Waals surface area contributed by atoms with Crippen LogP contribution in [-0.4, -0.2) is 31.2 Å². The van der Waals surface area contributed by atoms with Crippen molar-refractivity contribution in [3.8, 4) is 5.75 Å². The van der Waals surface area contributed by atoms with Crippen molar-refractivity contribution in [1.82, 2.24) is 0 Å². The third-order valence-corrected chi connectivity index (χ3v) is 4.38. The van der Waals surface area contributed by atoms with Gasteiger partial charge in [-0.25, -0.2) is 0 Å². The Hall–Kier alpha value is -1.36. The Balaban J connectivity index is 1.63. The van der Waals surface area contributed by atoms with Crippen molar-refractivity contribution in [1.29, 1.82) is 0 Å². The van der Waals surface area contributed by atoms with Gasteiger partial charge in [0.25, 0.3) is 0 Å². The van der Waals surface area contributed by atoms with Crippen LogP contribution in [0.1, 0.15) is 25.8 Å². The second kappa shape index (κ2) is 6.03. The molecule has 0 amide bonds. The summed E-state index contributed by atoms with van der Waals surface area (Å²) in [7, 11) is 1.67. The maximum atomic E-state index is 6.11. The normalized spacial score (nSPS) is 32.7. The van der Waals surface area contributed by atoms with E-state index < -0.39 is 5.79 Å². The lowest BCUT2D eigenvalue weighted by atomic mass is 10.1. The Labute approximate surface area is 132 Å². The molecule has 1 aliphatic carbocycles. The number of ether oxygens (including phenoxy) is 4. The monoisotopic (exact) mass is 304 g/mol. The Kier molecular flexibility index (Phi) is 4.26. The van der Waals surface area contributed by atoms with Crippen LogP contribution in [0.2, 0.25) is 0 Å². The van der Waals surface area contributed by atoms with E-state index in [0.717, 1.165) is 17.7 Å². The molecular weight excluding hydrogens is 280 g/mol. The van der Waals surface area contributed by atoms with E-state index in [4.69, 9.17) is 18.9 Å². The minimum atomic E-state index is -0.543. The Morgan fingerprint density at radius 3 is 2.55 bits per heavy atom. The number of fused-ring (bicyclic) bond motifs is 1. The molecule has 120 valence electrons. The molecular formula is C18H24O4. The molecule has 4 heteroatoms. The first-order chi connectivity index (χ1) is 10.5. The van der Waals surface area contributed by atoms with Gasteiger partial charge in [0.05, 0.1) is 25.9 Å². The van der Waals surface area contributed by atoms with Gasteiger partial charge in [-0.2, -0.15) is 0 Å². The molecule has 4 atom stereocenters. The minimum Gasteiger partial charge on any atom is -0.497 e. The largest absolute Gasteiger partial charge is 0.497 e. The van der Waals surface area contributed by atoms with Crippen molar-refractivity contribution >= 4 is 0 Å². The van der Waals surface area contributed by atoms with Crippen LogP contribution in [0.5, 0.6) is 5.75 Å². The van der Waals surface area contributed by atoms with Crippen LogP contribution >= 0.6 is 0 Å². The molecule has 22 heavy (non-hydrogen) atoms. The number of benzene rings is 1. The Morgan fingerprint density at radius 2 is 1.91 bits per heavy atom. The maximum Gasteiger partial charge on any atom is 0.163 e. The summed E-state index contributed by atoms with van der Waals surface area (Å²) >= 11 is 0. The first-order valence-electron chi connectivity index (χ1n) is 7.75. The van der Waals surface area contributed by atoms with Crippen molar-refractivity contribution in [2.24, 2.45) is 5.92 Å². The van der Waals surface area contributed by atoms with Crippen LogP contribution in [0, 0.1) is 5.92 Å². The van der Waals surface area contributed by atoms with E-state index >= 15 is 0 Å².